The van der Waals surface area contributed by atoms with Gasteiger partial charge in [-0.1, -0.05) is 12.2 Å². The second-order valence-electron chi connectivity index (χ2n) is 2.73. The lowest BCUT2D eigenvalue weighted by atomic mass is 10.4. The first-order valence-electron chi connectivity index (χ1n) is 4.69. The summed E-state index contributed by atoms with van der Waals surface area (Å²) in [5.41, 5.74) is 0. The summed E-state index contributed by atoms with van der Waals surface area (Å²) >= 11 is 0. The summed E-state index contributed by atoms with van der Waals surface area (Å²) in [6.07, 6.45) is 6.95. The molecule has 1 aliphatic heterocycles. The van der Waals surface area contributed by atoms with Gasteiger partial charge in [-0.15, -0.1) is 0 Å². The summed E-state index contributed by atoms with van der Waals surface area (Å²) in [4.78, 5) is 12.8. The third-order valence-corrected chi connectivity index (χ3v) is 1.71. The Hall–Kier alpha value is -1.29. The Morgan fingerprint density at radius 1 is 1.43 bits per heavy atom. The highest BCUT2D eigenvalue weighted by atomic mass is 16.6. The zero-order chi connectivity index (χ0) is 10.2. The summed E-state index contributed by atoms with van der Waals surface area (Å²) < 4.78 is 10.0. The van der Waals surface area contributed by atoms with E-state index >= 15 is 0 Å². The second kappa shape index (κ2) is 6.21. The van der Waals surface area contributed by atoms with E-state index in [0.717, 1.165) is 0 Å². The molecule has 4 heteroatoms. The van der Waals surface area contributed by atoms with Crippen LogP contribution in [0.3, 0.4) is 0 Å². The molecule has 0 bridgehead atoms. The average Bonchev–Trinajstić information content (AvgIpc) is 2.25. The van der Waals surface area contributed by atoms with Crippen LogP contribution in [0, 0.1) is 0 Å². The molecule has 0 unspecified atom stereocenters. The normalized spacial score (nSPS) is 14.5. The molecule has 0 aromatic carbocycles. The molecule has 1 aliphatic rings. The molecule has 0 fully saturated rings. The molecule has 14 heavy (non-hydrogen) atoms. The molecule has 1 amide bonds. The van der Waals surface area contributed by atoms with Crippen molar-refractivity contribution < 1.29 is 14.3 Å². The minimum absolute atomic E-state index is 0.306. The van der Waals surface area contributed by atoms with E-state index in [4.69, 9.17) is 9.47 Å². The van der Waals surface area contributed by atoms with Crippen LogP contribution >= 0.6 is 0 Å². The minimum atomic E-state index is -0.328. The zero-order valence-electron chi connectivity index (χ0n) is 8.31. The Balaban J connectivity index is 2.15. The number of carbonyl (C=O) groups excluding carboxylic acids is 1. The fourth-order valence-electron chi connectivity index (χ4n) is 1.02. The molecule has 0 N–H and O–H groups in total. The van der Waals surface area contributed by atoms with Gasteiger partial charge in [0.1, 0.15) is 6.61 Å². The molecule has 0 saturated heterocycles. The number of hydrogen-bond acceptors (Lipinski definition) is 3. The van der Waals surface area contributed by atoms with E-state index in [-0.39, 0.29) is 6.09 Å². The Morgan fingerprint density at radius 2 is 2.29 bits per heavy atom. The van der Waals surface area contributed by atoms with Gasteiger partial charge in [-0.25, -0.2) is 4.79 Å². The summed E-state index contributed by atoms with van der Waals surface area (Å²) in [5, 5.41) is 0. The fourth-order valence-corrected chi connectivity index (χ4v) is 1.02. The molecule has 78 valence electrons. The van der Waals surface area contributed by atoms with Gasteiger partial charge in [-0.2, -0.15) is 0 Å². The number of rotatable bonds is 4. The van der Waals surface area contributed by atoms with Gasteiger partial charge in [-0.05, 0) is 13.0 Å². The van der Waals surface area contributed by atoms with Gasteiger partial charge in [0.2, 0.25) is 0 Å². The van der Waals surface area contributed by atoms with Crippen LogP contribution in [0.5, 0.6) is 0 Å². The van der Waals surface area contributed by atoms with Crippen molar-refractivity contribution in [1.82, 2.24) is 4.90 Å². The molecule has 0 atom stereocenters. The maximum atomic E-state index is 11.3. The predicted octanol–water partition coefficient (Wildman–Crippen LogP) is 1.55. The molecular formula is C10H15NO3. The van der Waals surface area contributed by atoms with Crippen LogP contribution in [0.1, 0.15) is 6.92 Å². The first-order chi connectivity index (χ1) is 6.84. The smallest absolute Gasteiger partial charge is 0.414 e. The first kappa shape index (κ1) is 10.8. The number of carbonyl (C=O) groups is 1. The third kappa shape index (κ3) is 3.62. The maximum absolute atomic E-state index is 11.3. The van der Waals surface area contributed by atoms with Gasteiger partial charge in [0.25, 0.3) is 0 Å². The van der Waals surface area contributed by atoms with Crippen molar-refractivity contribution in [2.24, 2.45) is 0 Å². The van der Waals surface area contributed by atoms with Crippen LogP contribution < -0.4 is 0 Å². The number of allylic oxidation sites excluding steroid dienone is 2. The van der Waals surface area contributed by atoms with Crippen LogP contribution in [-0.2, 0) is 9.47 Å². The van der Waals surface area contributed by atoms with Crippen molar-refractivity contribution in [2.75, 3.05) is 26.4 Å². The summed E-state index contributed by atoms with van der Waals surface area (Å²) in [7, 11) is 0. The van der Waals surface area contributed by atoms with Gasteiger partial charge in [0, 0.05) is 19.4 Å². The highest BCUT2D eigenvalue weighted by Gasteiger charge is 2.11. The summed E-state index contributed by atoms with van der Waals surface area (Å²) in [6.45, 7) is 3.88. The summed E-state index contributed by atoms with van der Waals surface area (Å²) in [5.74, 6) is 0. The Kier molecular flexibility index (Phi) is 4.78. The van der Waals surface area contributed by atoms with Gasteiger partial charge < -0.3 is 9.47 Å². The van der Waals surface area contributed by atoms with Crippen LogP contribution in [0.25, 0.3) is 0 Å². The monoisotopic (exact) mass is 197 g/mol. The highest BCUT2D eigenvalue weighted by molar-refractivity contribution is 5.69. The average molecular weight is 197 g/mol. The van der Waals surface area contributed by atoms with Crippen molar-refractivity contribution >= 4 is 6.09 Å². The SMILES string of the molecule is CCOCCOC(=O)N1C=CC=CC1. The quantitative estimate of drug-likeness (QED) is 0.642. The van der Waals surface area contributed by atoms with E-state index in [1.165, 1.54) is 4.90 Å². The largest absolute Gasteiger partial charge is 0.447 e. The molecule has 1 rings (SSSR count). The van der Waals surface area contributed by atoms with Crippen molar-refractivity contribution in [1.29, 1.82) is 0 Å². The molecular weight excluding hydrogens is 182 g/mol. The molecule has 4 nitrogen and oxygen atoms in total. The third-order valence-electron chi connectivity index (χ3n) is 1.71. The number of nitrogens with zero attached hydrogens (tertiary/aromatic N) is 1. The van der Waals surface area contributed by atoms with E-state index in [0.29, 0.717) is 26.4 Å². The van der Waals surface area contributed by atoms with Crippen molar-refractivity contribution in [3.8, 4) is 0 Å². The maximum Gasteiger partial charge on any atom is 0.414 e. The van der Waals surface area contributed by atoms with Crippen LogP contribution in [0.2, 0.25) is 0 Å². The lowest BCUT2D eigenvalue weighted by Gasteiger charge is -2.17. The molecule has 0 aromatic rings. The van der Waals surface area contributed by atoms with E-state index in [9.17, 15) is 4.79 Å². The second-order valence-corrected chi connectivity index (χ2v) is 2.73. The summed E-state index contributed by atoms with van der Waals surface area (Å²) in [6, 6.07) is 0. The Morgan fingerprint density at radius 3 is 2.93 bits per heavy atom. The zero-order valence-corrected chi connectivity index (χ0v) is 8.31. The van der Waals surface area contributed by atoms with E-state index < -0.39 is 0 Å². The first-order valence-corrected chi connectivity index (χ1v) is 4.69. The van der Waals surface area contributed by atoms with E-state index in [1.807, 2.05) is 19.1 Å². The number of amides is 1. The molecule has 0 spiro atoms. The molecule has 0 aromatic heterocycles. The highest BCUT2D eigenvalue weighted by Crippen LogP contribution is 2.00. The molecule has 1 heterocycles. The number of ether oxygens (including phenoxy) is 2. The van der Waals surface area contributed by atoms with Gasteiger partial charge >= 0.3 is 6.09 Å². The van der Waals surface area contributed by atoms with Crippen LogP contribution in [0.4, 0.5) is 4.79 Å². The van der Waals surface area contributed by atoms with Crippen molar-refractivity contribution in [2.45, 2.75) is 6.92 Å². The topological polar surface area (TPSA) is 38.8 Å². The van der Waals surface area contributed by atoms with E-state index in [2.05, 4.69) is 0 Å². The lowest BCUT2D eigenvalue weighted by Crippen LogP contribution is -2.28. The Bertz CT molecular complexity index is 236. The predicted molar refractivity (Wildman–Crippen MR) is 52.8 cm³/mol. The van der Waals surface area contributed by atoms with Crippen LogP contribution in [-0.4, -0.2) is 37.4 Å². The Labute approximate surface area is 83.8 Å². The number of hydrogen-bond donors (Lipinski definition) is 0. The van der Waals surface area contributed by atoms with Gasteiger partial charge in [0.15, 0.2) is 0 Å². The standard InChI is InChI=1S/C10H15NO3/c1-2-13-8-9-14-10(12)11-6-4-3-5-7-11/h3-6H,2,7-9H2,1H3. The van der Waals surface area contributed by atoms with E-state index in [1.54, 1.807) is 12.3 Å². The van der Waals surface area contributed by atoms with Gasteiger partial charge in [-0.3, -0.25) is 4.90 Å². The fraction of sp³-hybridized carbons (Fsp3) is 0.500. The van der Waals surface area contributed by atoms with Crippen molar-refractivity contribution in [3.63, 3.8) is 0 Å². The molecule has 0 radical (unpaired) electrons. The van der Waals surface area contributed by atoms with Crippen molar-refractivity contribution in [3.05, 3.63) is 24.4 Å². The molecule has 0 saturated carbocycles. The minimum Gasteiger partial charge on any atom is -0.447 e. The van der Waals surface area contributed by atoms with Gasteiger partial charge in [0.05, 0.1) is 6.61 Å². The van der Waals surface area contributed by atoms with Crippen LogP contribution in [0.15, 0.2) is 24.4 Å². The molecule has 0 aliphatic carbocycles. The lowest BCUT2D eigenvalue weighted by molar-refractivity contribution is 0.0671.